The van der Waals surface area contributed by atoms with Crippen molar-refractivity contribution >= 4 is 17.6 Å². The van der Waals surface area contributed by atoms with Gasteiger partial charge in [-0.05, 0) is 42.8 Å². The van der Waals surface area contributed by atoms with Gasteiger partial charge in [0.25, 0.3) is 0 Å². The van der Waals surface area contributed by atoms with Crippen LogP contribution in [0.4, 0.5) is 5.69 Å². The van der Waals surface area contributed by atoms with Crippen LogP contribution < -0.4 is 9.64 Å². The van der Waals surface area contributed by atoms with Crippen LogP contribution in [-0.4, -0.2) is 33.3 Å². The molecular formula is C18H19NO5. The number of benzene rings is 1. The molecule has 0 saturated heterocycles. The maximum absolute atomic E-state index is 12.3. The first-order valence-electron chi connectivity index (χ1n) is 7.23. The normalized spacial score (nSPS) is 13.6. The van der Waals surface area contributed by atoms with Gasteiger partial charge in [0, 0.05) is 11.9 Å². The van der Waals surface area contributed by atoms with Gasteiger partial charge >= 0.3 is 11.9 Å². The number of rotatable bonds is 4. The third-order valence-corrected chi connectivity index (χ3v) is 3.55. The first-order chi connectivity index (χ1) is 11.5. The fraction of sp³-hybridized carbons (Fsp3) is 0.222. The molecule has 0 unspecified atom stereocenters. The van der Waals surface area contributed by atoms with E-state index in [1.165, 1.54) is 20.3 Å². The smallest absolute Gasteiger partial charge is 0.355 e. The van der Waals surface area contributed by atoms with Crippen molar-refractivity contribution < 1.29 is 23.8 Å². The molecule has 0 radical (unpaired) electrons. The quantitative estimate of drug-likeness (QED) is 0.791. The van der Waals surface area contributed by atoms with Crippen molar-refractivity contribution in [2.24, 2.45) is 0 Å². The molecule has 126 valence electrons. The van der Waals surface area contributed by atoms with Gasteiger partial charge in [-0.15, -0.1) is 0 Å². The largest absolute Gasteiger partial charge is 0.497 e. The average Bonchev–Trinajstić information content (AvgIpc) is 2.82. The lowest BCUT2D eigenvalue weighted by Crippen LogP contribution is -2.27. The molecule has 6 nitrogen and oxygen atoms in total. The monoisotopic (exact) mass is 329 g/mol. The molecule has 0 amide bonds. The predicted molar refractivity (Wildman–Crippen MR) is 89.5 cm³/mol. The average molecular weight is 329 g/mol. The zero-order valence-electron chi connectivity index (χ0n) is 14.0. The molecule has 0 aromatic heterocycles. The SMILES string of the molecule is COC(=O)C1=C(C(=O)OC)N(c2ccc(OC)cc2C)C=CC=C1. The van der Waals surface area contributed by atoms with Crippen molar-refractivity contribution in [2.45, 2.75) is 6.92 Å². The lowest BCUT2D eigenvalue weighted by molar-refractivity contribution is -0.139. The van der Waals surface area contributed by atoms with Crippen molar-refractivity contribution in [1.82, 2.24) is 0 Å². The molecule has 24 heavy (non-hydrogen) atoms. The van der Waals surface area contributed by atoms with Crippen LogP contribution in [0.25, 0.3) is 0 Å². The minimum atomic E-state index is -0.637. The van der Waals surface area contributed by atoms with Crippen LogP contribution in [0.5, 0.6) is 5.75 Å². The zero-order chi connectivity index (χ0) is 17.7. The highest BCUT2D eigenvalue weighted by atomic mass is 16.5. The summed E-state index contributed by atoms with van der Waals surface area (Å²) in [6.45, 7) is 1.89. The number of nitrogens with zero attached hydrogens (tertiary/aromatic N) is 1. The third kappa shape index (κ3) is 3.32. The van der Waals surface area contributed by atoms with Gasteiger partial charge in [0.15, 0.2) is 0 Å². The highest BCUT2D eigenvalue weighted by Gasteiger charge is 2.28. The minimum Gasteiger partial charge on any atom is -0.497 e. The summed E-state index contributed by atoms with van der Waals surface area (Å²) >= 11 is 0. The number of methoxy groups -OCH3 is 3. The summed E-state index contributed by atoms with van der Waals surface area (Å²) in [6.07, 6.45) is 6.59. The molecule has 1 heterocycles. The van der Waals surface area contributed by atoms with Crippen LogP contribution >= 0.6 is 0 Å². The molecule has 1 aromatic rings. The van der Waals surface area contributed by atoms with Gasteiger partial charge in [-0.25, -0.2) is 9.59 Å². The maximum atomic E-state index is 12.3. The van der Waals surface area contributed by atoms with E-state index in [2.05, 4.69) is 0 Å². The summed E-state index contributed by atoms with van der Waals surface area (Å²) in [7, 11) is 4.11. The van der Waals surface area contributed by atoms with Crippen molar-refractivity contribution in [3.05, 3.63) is 59.5 Å². The van der Waals surface area contributed by atoms with E-state index in [1.807, 2.05) is 19.1 Å². The standard InChI is InChI=1S/C18H19NO5/c1-12-11-13(22-2)8-9-15(12)19-10-6-5-7-14(17(20)23-3)16(19)18(21)24-4/h5-11H,1-4H3. The Morgan fingerprint density at radius 2 is 1.71 bits per heavy atom. The maximum Gasteiger partial charge on any atom is 0.355 e. The number of hydrogen-bond donors (Lipinski definition) is 0. The summed E-state index contributed by atoms with van der Waals surface area (Å²) < 4.78 is 14.9. The number of carbonyl (C=O) groups is 2. The minimum absolute atomic E-state index is 0.0858. The van der Waals surface area contributed by atoms with E-state index in [4.69, 9.17) is 14.2 Å². The van der Waals surface area contributed by atoms with Crippen molar-refractivity contribution in [3.8, 4) is 5.75 Å². The lowest BCUT2D eigenvalue weighted by Gasteiger charge is -2.24. The van der Waals surface area contributed by atoms with Crippen molar-refractivity contribution in [3.63, 3.8) is 0 Å². The number of ether oxygens (including phenoxy) is 3. The van der Waals surface area contributed by atoms with Gasteiger partial charge in [0.05, 0.1) is 26.9 Å². The van der Waals surface area contributed by atoms with Crippen LogP contribution in [0, 0.1) is 6.92 Å². The van der Waals surface area contributed by atoms with Gasteiger partial charge < -0.3 is 19.1 Å². The molecule has 0 aliphatic carbocycles. The summed E-state index contributed by atoms with van der Waals surface area (Å²) in [5.41, 5.74) is 1.79. The number of esters is 2. The Morgan fingerprint density at radius 1 is 1.00 bits per heavy atom. The number of carbonyl (C=O) groups excluding carboxylic acids is 2. The molecule has 0 saturated carbocycles. The van der Waals surface area contributed by atoms with Gasteiger partial charge in [-0.3, -0.25) is 0 Å². The summed E-state index contributed by atoms with van der Waals surface area (Å²) in [5, 5.41) is 0. The molecule has 1 aliphatic rings. The first-order valence-corrected chi connectivity index (χ1v) is 7.23. The van der Waals surface area contributed by atoms with E-state index in [-0.39, 0.29) is 11.3 Å². The van der Waals surface area contributed by atoms with Crippen LogP contribution in [-0.2, 0) is 19.1 Å². The van der Waals surface area contributed by atoms with E-state index in [9.17, 15) is 9.59 Å². The van der Waals surface area contributed by atoms with Crippen LogP contribution in [0.15, 0.2) is 53.9 Å². The Bertz CT molecular complexity index is 746. The zero-order valence-corrected chi connectivity index (χ0v) is 14.0. The first kappa shape index (κ1) is 17.3. The second kappa shape index (κ2) is 7.50. The second-order valence-electron chi connectivity index (χ2n) is 4.97. The lowest BCUT2D eigenvalue weighted by atomic mass is 10.1. The number of aryl methyl sites for hydroxylation is 1. The molecule has 2 rings (SSSR count). The molecule has 0 bridgehead atoms. The van der Waals surface area contributed by atoms with E-state index < -0.39 is 11.9 Å². The van der Waals surface area contributed by atoms with Crippen LogP contribution in [0.3, 0.4) is 0 Å². The number of allylic oxidation sites excluding steroid dienone is 2. The predicted octanol–water partition coefficient (Wildman–Crippen LogP) is 2.49. The Labute approximate surface area is 140 Å². The Morgan fingerprint density at radius 3 is 2.29 bits per heavy atom. The summed E-state index contributed by atoms with van der Waals surface area (Å²) in [6, 6.07) is 5.43. The highest BCUT2D eigenvalue weighted by molar-refractivity contribution is 6.05. The molecule has 0 spiro atoms. The van der Waals surface area contributed by atoms with Gasteiger partial charge in [-0.1, -0.05) is 6.08 Å². The van der Waals surface area contributed by atoms with Crippen molar-refractivity contribution in [1.29, 1.82) is 0 Å². The fourth-order valence-corrected chi connectivity index (χ4v) is 2.38. The van der Waals surface area contributed by atoms with Crippen LogP contribution in [0.1, 0.15) is 5.56 Å². The highest BCUT2D eigenvalue weighted by Crippen LogP contribution is 2.31. The Hall–Kier alpha value is -3.02. The number of hydrogen-bond acceptors (Lipinski definition) is 6. The molecule has 1 aromatic carbocycles. The van der Waals surface area contributed by atoms with E-state index in [0.717, 1.165) is 11.3 Å². The third-order valence-electron chi connectivity index (χ3n) is 3.55. The molecule has 1 aliphatic heterocycles. The van der Waals surface area contributed by atoms with Gasteiger partial charge in [-0.2, -0.15) is 0 Å². The van der Waals surface area contributed by atoms with E-state index >= 15 is 0 Å². The molecule has 0 fully saturated rings. The number of anilines is 1. The van der Waals surface area contributed by atoms with Gasteiger partial charge in [0.2, 0.25) is 0 Å². The topological polar surface area (TPSA) is 65.1 Å². The Balaban J connectivity index is 2.65. The Kier molecular flexibility index (Phi) is 5.42. The molecule has 6 heteroatoms. The van der Waals surface area contributed by atoms with Crippen molar-refractivity contribution in [2.75, 3.05) is 26.2 Å². The van der Waals surface area contributed by atoms with E-state index in [0.29, 0.717) is 5.75 Å². The van der Waals surface area contributed by atoms with E-state index in [1.54, 1.807) is 36.4 Å². The molecule has 0 N–H and O–H groups in total. The fourth-order valence-electron chi connectivity index (χ4n) is 2.38. The summed E-state index contributed by atoms with van der Waals surface area (Å²) in [4.78, 5) is 26.0. The van der Waals surface area contributed by atoms with Crippen LogP contribution in [0.2, 0.25) is 0 Å². The van der Waals surface area contributed by atoms with Gasteiger partial charge in [0.1, 0.15) is 11.4 Å². The molecule has 0 atom stereocenters. The second-order valence-corrected chi connectivity index (χ2v) is 4.97. The summed E-state index contributed by atoms with van der Waals surface area (Å²) in [5.74, 6) is -0.557. The molecular weight excluding hydrogens is 310 g/mol.